The Kier molecular flexibility index (Phi) is 5.44. The van der Waals surface area contributed by atoms with Crippen LogP contribution in [-0.2, 0) is 19.5 Å². The molecule has 2 rings (SSSR count). The van der Waals surface area contributed by atoms with Crippen LogP contribution < -0.4 is 0 Å². The van der Waals surface area contributed by atoms with Crippen molar-refractivity contribution < 1.29 is 22.7 Å². The van der Waals surface area contributed by atoms with Crippen molar-refractivity contribution in [1.29, 1.82) is 0 Å². The molecule has 0 aromatic heterocycles. The van der Waals surface area contributed by atoms with Crippen LogP contribution >= 0.6 is 0 Å². The lowest BCUT2D eigenvalue weighted by Crippen LogP contribution is -2.48. The van der Waals surface area contributed by atoms with Gasteiger partial charge in [0.25, 0.3) is 0 Å². The van der Waals surface area contributed by atoms with Gasteiger partial charge in [-0.1, -0.05) is 0 Å². The maximum atomic E-state index is 12.7. The van der Waals surface area contributed by atoms with E-state index in [-0.39, 0.29) is 23.2 Å². The average Bonchev–Trinajstić information content (AvgIpc) is 2.45. The first kappa shape index (κ1) is 17.9. The van der Waals surface area contributed by atoms with Crippen molar-refractivity contribution in [3.8, 4) is 0 Å². The molecule has 2 atom stereocenters. The van der Waals surface area contributed by atoms with Crippen LogP contribution in [0.15, 0.2) is 29.2 Å². The summed E-state index contributed by atoms with van der Waals surface area (Å²) in [6, 6.07) is 5.84. The van der Waals surface area contributed by atoms with E-state index in [0.717, 1.165) is 0 Å². The van der Waals surface area contributed by atoms with E-state index in [0.29, 0.717) is 18.7 Å². The normalized spacial score (nSPS) is 23.0. The van der Waals surface area contributed by atoms with Gasteiger partial charge in [-0.25, -0.2) is 13.2 Å². The van der Waals surface area contributed by atoms with Gasteiger partial charge in [0.2, 0.25) is 10.0 Å². The molecule has 128 valence electrons. The zero-order valence-electron chi connectivity index (χ0n) is 13.9. The van der Waals surface area contributed by atoms with Gasteiger partial charge in [-0.05, 0) is 52.0 Å². The van der Waals surface area contributed by atoms with E-state index in [1.807, 2.05) is 13.8 Å². The number of sulfonamides is 1. The van der Waals surface area contributed by atoms with Crippen LogP contribution in [0.4, 0.5) is 0 Å². The largest absolute Gasteiger partial charge is 0.459 e. The predicted molar refractivity (Wildman–Crippen MR) is 85.8 cm³/mol. The summed E-state index contributed by atoms with van der Waals surface area (Å²) in [6.07, 6.45) is -0.509. The third-order valence-corrected chi connectivity index (χ3v) is 5.30. The van der Waals surface area contributed by atoms with Crippen LogP contribution in [0, 0.1) is 0 Å². The second-order valence-corrected chi connectivity index (χ2v) is 8.00. The summed E-state index contributed by atoms with van der Waals surface area (Å²) >= 11 is 0. The van der Waals surface area contributed by atoms with Crippen molar-refractivity contribution in [3.05, 3.63) is 29.8 Å². The molecule has 0 aliphatic carbocycles. The SMILES string of the molecule is CC(C)OC(=O)c1ccc(S(=O)(=O)N2CC(C)OC(C)C2)cc1. The molecule has 1 aliphatic rings. The molecule has 1 aromatic carbocycles. The summed E-state index contributed by atoms with van der Waals surface area (Å²) < 4.78 is 37.5. The number of carbonyl (C=O) groups is 1. The Labute approximate surface area is 137 Å². The lowest BCUT2D eigenvalue weighted by Gasteiger charge is -2.34. The van der Waals surface area contributed by atoms with Gasteiger partial charge in [0.1, 0.15) is 0 Å². The summed E-state index contributed by atoms with van der Waals surface area (Å²) in [5.41, 5.74) is 0.335. The van der Waals surface area contributed by atoms with Crippen LogP contribution in [-0.4, -0.2) is 50.1 Å². The molecule has 1 aromatic rings. The summed E-state index contributed by atoms with van der Waals surface area (Å²) in [7, 11) is -3.59. The predicted octanol–water partition coefficient (Wildman–Crippen LogP) is 2.05. The molecule has 6 nitrogen and oxygen atoms in total. The molecule has 23 heavy (non-hydrogen) atoms. The first-order valence-electron chi connectivity index (χ1n) is 7.67. The van der Waals surface area contributed by atoms with Crippen LogP contribution in [0.2, 0.25) is 0 Å². The summed E-state index contributed by atoms with van der Waals surface area (Å²) in [6.45, 7) is 7.87. The minimum atomic E-state index is -3.59. The average molecular weight is 341 g/mol. The van der Waals surface area contributed by atoms with Gasteiger partial charge < -0.3 is 9.47 Å². The van der Waals surface area contributed by atoms with E-state index in [9.17, 15) is 13.2 Å². The van der Waals surface area contributed by atoms with E-state index in [1.54, 1.807) is 13.8 Å². The first-order chi connectivity index (χ1) is 10.7. The van der Waals surface area contributed by atoms with E-state index in [1.165, 1.54) is 28.6 Å². The third kappa shape index (κ3) is 4.31. The lowest BCUT2D eigenvalue weighted by atomic mass is 10.2. The maximum absolute atomic E-state index is 12.7. The zero-order chi connectivity index (χ0) is 17.2. The van der Waals surface area contributed by atoms with Gasteiger partial charge in [0.15, 0.2) is 0 Å². The van der Waals surface area contributed by atoms with Gasteiger partial charge in [-0.2, -0.15) is 4.31 Å². The van der Waals surface area contributed by atoms with Crippen LogP contribution in [0.3, 0.4) is 0 Å². The van der Waals surface area contributed by atoms with Crippen molar-refractivity contribution >= 4 is 16.0 Å². The van der Waals surface area contributed by atoms with Crippen LogP contribution in [0.1, 0.15) is 38.1 Å². The molecule has 0 amide bonds. The van der Waals surface area contributed by atoms with E-state index >= 15 is 0 Å². The molecule has 2 unspecified atom stereocenters. The van der Waals surface area contributed by atoms with E-state index in [2.05, 4.69) is 0 Å². The monoisotopic (exact) mass is 341 g/mol. The number of hydrogen-bond donors (Lipinski definition) is 0. The minimum Gasteiger partial charge on any atom is -0.459 e. The van der Waals surface area contributed by atoms with Crippen LogP contribution in [0.25, 0.3) is 0 Å². The number of hydrogen-bond acceptors (Lipinski definition) is 5. The number of morpholine rings is 1. The molecular weight excluding hydrogens is 318 g/mol. The topological polar surface area (TPSA) is 72.9 Å². The van der Waals surface area contributed by atoms with Crippen molar-refractivity contribution in [2.75, 3.05) is 13.1 Å². The van der Waals surface area contributed by atoms with Gasteiger partial charge >= 0.3 is 5.97 Å². The molecule has 0 radical (unpaired) electrons. The molecule has 0 saturated carbocycles. The number of nitrogens with zero attached hydrogens (tertiary/aromatic N) is 1. The van der Waals surface area contributed by atoms with Crippen molar-refractivity contribution in [1.82, 2.24) is 4.31 Å². The summed E-state index contributed by atoms with van der Waals surface area (Å²) in [5, 5.41) is 0. The first-order valence-corrected chi connectivity index (χ1v) is 9.11. The molecule has 7 heteroatoms. The zero-order valence-corrected chi connectivity index (χ0v) is 14.7. The number of rotatable bonds is 4. The lowest BCUT2D eigenvalue weighted by molar-refractivity contribution is -0.0440. The van der Waals surface area contributed by atoms with Gasteiger partial charge in [-0.3, -0.25) is 0 Å². The fourth-order valence-corrected chi connectivity index (χ4v) is 4.11. The number of benzene rings is 1. The highest BCUT2D eigenvalue weighted by atomic mass is 32.2. The molecule has 0 spiro atoms. The Morgan fingerprint density at radius 3 is 2.17 bits per heavy atom. The highest BCUT2D eigenvalue weighted by Crippen LogP contribution is 2.21. The molecule has 1 saturated heterocycles. The number of ether oxygens (including phenoxy) is 2. The van der Waals surface area contributed by atoms with Crippen molar-refractivity contribution in [2.45, 2.75) is 50.9 Å². The Bertz CT molecular complexity index is 644. The molecule has 1 aliphatic heterocycles. The Morgan fingerprint density at radius 2 is 1.70 bits per heavy atom. The fraction of sp³-hybridized carbons (Fsp3) is 0.562. The Hall–Kier alpha value is -1.44. The Balaban J connectivity index is 2.19. The van der Waals surface area contributed by atoms with Gasteiger partial charge in [0.05, 0.1) is 28.8 Å². The highest BCUT2D eigenvalue weighted by molar-refractivity contribution is 7.89. The minimum absolute atomic E-state index is 0.145. The number of carbonyl (C=O) groups excluding carboxylic acids is 1. The number of esters is 1. The Morgan fingerprint density at radius 1 is 1.17 bits per heavy atom. The summed E-state index contributed by atoms with van der Waals surface area (Å²) in [4.78, 5) is 12.0. The third-order valence-electron chi connectivity index (χ3n) is 3.46. The maximum Gasteiger partial charge on any atom is 0.338 e. The summed E-state index contributed by atoms with van der Waals surface area (Å²) in [5.74, 6) is -0.461. The van der Waals surface area contributed by atoms with Crippen molar-refractivity contribution in [2.24, 2.45) is 0 Å². The van der Waals surface area contributed by atoms with E-state index < -0.39 is 16.0 Å². The smallest absolute Gasteiger partial charge is 0.338 e. The molecule has 0 bridgehead atoms. The second kappa shape index (κ2) is 6.98. The van der Waals surface area contributed by atoms with Gasteiger partial charge in [0, 0.05) is 13.1 Å². The fourth-order valence-electron chi connectivity index (χ4n) is 2.52. The standard InChI is InChI=1S/C16H23NO5S/c1-11(2)21-16(18)14-5-7-15(8-6-14)23(19,20)17-9-12(3)22-13(4)10-17/h5-8,11-13H,9-10H2,1-4H3. The van der Waals surface area contributed by atoms with Gasteiger partial charge in [-0.15, -0.1) is 0 Å². The van der Waals surface area contributed by atoms with E-state index in [4.69, 9.17) is 9.47 Å². The van der Waals surface area contributed by atoms with Crippen molar-refractivity contribution in [3.63, 3.8) is 0 Å². The molecule has 1 heterocycles. The highest BCUT2D eigenvalue weighted by Gasteiger charge is 2.32. The van der Waals surface area contributed by atoms with Crippen LogP contribution in [0.5, 0.6) is 0 Å². The second-order valence-electron chi connectivity index (χ2n) is 6.06. The molecule has 1 fully saturated rings. The quantitative estimate of drug-likeness (QED) is 0.784. The molecular formula is C16H23NO5S. The molecule has 0 N–H and O–H groups in total.